The third-order valence-electron chi connectivity index (χ3n) is 2.84. The Hall–Kier alpha value is -1.13. The Bertz CT molecular complexity index is 344. The predicted molar refractivity (Wildman–Crippen MR) is 62.4 cm³/mol. The number of aromatic nitrogens is 1. The number of anilines is 1. The van der Waals surface area contributed by atoms with Gasteiger partial charge in [-0.05, 0) is 19.4 Å². The molecule has 0 radical (unpaired) electrons. The van der Waals surface area contributed by atoms with Crippen LogP contribution in [0, 0.1) is 0 Å². The third-order valence-corrected chi connectivity index (χ3v) is 2.84. The minimum absolute atomic E-state index is 0.0366. The highest BCUT2D eigenvalue weighted by atomic mass is 16.5. The van der Waals surface area contributed by atoms with E-state index in [9.17, 15) is 5.11 Å². The van der Waals surface area contributed by atoms with Crippen molar-refractivity contribution in [3.8, 4) is 0 Å². The van der Waals surface area contributed by atoms with Crippen LogP contribution in [0.4, 0.5) is 5.69 Å². The van der Waals surface area contributed by atoms with Gasteiger partial charge in [0.05, 0.1) is 12.7 Å². The van der Waals surface area contributed by atoms with E-state index < -0.39 is 0 Å². The molecule has 1 N–H and O–H groups in total. The molecule has 1 aliphatic rings. The maximum absolute atomic E-state index is 9.29. The molecular weight excluding hydrogens is 204 g/mol. The van der Waals surface area contributed by atoms with E-state index in [4.69, 9.17) is 4.74 Å². The fraction of sp³-hybridized carbons (Fsp3) is 0.583. The molecule has 1 unspecified atom stereocenters. The zero-order valence-corrected chi connectivity index (χ0v) is 9.59. The van der Waals surface area contributed by atoms with Crippen LogP contribution in [-0.2, 0) is 11.3 Å². The van der Waals surface area contributed by atoms with Gasteiger partial charge >= 0.3 is 0 Å². The van der Waals surface area contributed by atoms with Crippen LogP contribution in [-0.4, -0.2) is 35.9 Å². The molecule has 1 aliphatic heterocycles. The monoisotopic (exact) mass is 222 g/mol. The second kappa shape index (κ2) is 5.27. The fourth-order valence-electron chi connectivity index (χ4n) is 2.06. The maximum Gasteiger partial charge on any atom is 0.0721 e. The Balaban J connectivity index is 2.20. The number of hydrogen-bond acceptors (Lipinski definition) is 4. The zero-order valence-electron chi connectivity index (χ0n) is 9.59. The van der Waals surface area contributed by atoms with Crippen molar-refractivity contribution in [2.45, 2.75) is 26.1 Å². The largest absolute Gasteiger partial charge is 0.392 e. The first kappa shape index (κ1) is 11.4. The van der Waals surface area contributed by atoms with Gasteiger partial charge in [0.25, 0.3) is 0 Å². The number of aliphatic hydroxyl groups is 1. The zero-order chi connectivity index (χ0) is 11.4. The lowest BCUT2D eigenvalue weighted by atomic mass is 10.2. The highest BCUT2D eigenvalue weighted by Crippen LogP contribution is 2.21. The van der Waals surface area contributed by atoms with E-state index in [1.807, 2.05) is 6.07 Å². The third kappa shape index (κ3) is 2.51. The predicted octanol–water partition coefficient (Wildman–Crippen LogP) is 1.19. The summed E-state index contributed by atoms with van der Waals surface area (Å²) in [4.78, 5) is 6.30. The van der Waals surface area contributed by atoms with Crippen molar-refractivity contribution >= 4 is 5.69 Å². The van der Waals surface area contributed by atoms with Crippen molar-refractivity contribution in [1.29, 1.82) is 0 Å². The lowest BCUT2D eigenvalue weighted by Crippen LogP contribution is -2.30. The first-order valence-corrected chi connectivity index (χ1v) is 5.71. The number of rotatable bonds is 2. The summed E-state index contributed by atoms with van der Waals surface area (Å²) in [7, 11) is 0. The Morgan fingerprint density at radius 2 is 2.50 bits per heavy atom. The molecule has 0 spiro atoms. The maximum atomic E-state index is 9.29. The molecule has 16 heavy (non-hydrogen) atoms. The first-order valence-electron chi connectivity index (χ1n) is 5.71. The molecule has 0 aliphatic carbocycles. The summed E-state index contributed by atoms with van der Waals surface area (Å²) in [6.07, 6.45) is 4.76. The van der Waals surface area contributed by atoms with Gasteiger partial charge in [-0.1, -0.05) is 0 Å². The lowest BCUT2D eigenvalue weighted by Gasteiger charge is -2.26. The normalized spacial score (nSPS) is 21.9. The number of aliphatic hydroxyl groups excluding tert-OH is 1. The minimum Gasteiger partial charge on any atom is -0.392 e. The number of nitrogens with zero attached hydrogens (tertiary/aromatic N) is 2. The van der Waals surface area contributed by atoms with Crippen LogP contribution < -0.4 is 4.90 Å². The van der Waals surface area contributed by atoms with E-state index in [1.165, 1.54) is 0 Å². The van der Waals surface area contributed by atoms with Crippen molar-refractivity contribution in [2.75, 3.05) is 24.6 Å². The highest BCUT2D eigenvalue weighted by Gasteiger charge is 2.17. The average molecular weight is 222 g/mol. The molecule has 88 valence electrons. The van der Waals surface area contributed by atoms with E-state index in [1.54, 1.807) is 12.4 Å². The Morgan fingerprint density at radius 1 is 1.62 bits per heavy atom. The summed E-state index contributed by atoms with van der Waals surface area (Å²) in [6.45, 7) is 4.78. The second-order valence-electron chi connectivity index (χ2n) is 4.14. The van der Waals surface area contributed by atoms with Gasteiger partial charge in [0.15, 0.2) is 0 Å². The summed E-state index contributed by atoms with van der Waals surface area (Å²) in [6, 6.07) is 1.96. The number of ether oxygens (including phenoxy) is 1. The Kier molecular flexibility index (Phi) is 3.74. The van der Waals surface area contributed by atoms with Gasteiger partial charge in [0.1, 0.15) is 0 Å². The highest BCUT2D eigenvalue weighted by molar-refractivity contribution is 5.52. The van der Waals surface area contributed by atoms with Gasteiger partial charge in [-0.25, -0.2) is 0 Å². The quantitative estimate of drug-likeness (QED) is 0.816. The van der Waals surface area contributed by atoms with Crippen LogP contribution in [0.3, 0.4) is 0 Å². The van der Waals surface area contributed by atoms with Crippen molar-refractivity contribution in [3.63, 3.8) is 0 Å². The van der Waals surface area contributed by atoms with Gasteiger partial charge in [-0.15, -0.1) is 0 Å². The average Bonchev–Trinajstić information content (AvgIpc) is 2.54. The van der Waals surface area contributed by atoms with Crippen molar-refractivity contribution < 1.29 is 9.84 Å². The van der Waals surface area contributed by atoms with Crippen LogP contribution in [0.5, 0.6) is 0 Å². The van der Waals surface area contributed by atoms with Gasteiger partial charge < -0.3 is 14.7 Å². The second-order valence-corrected chi connectivity index (χ2v) is 4.14. The van der Waals surface area contributed by atoms with E-state index in [0.717, 1.165) is 37.4 Å². The Morgan fingerprint density at radius 3 is 3.31 bits per heavy atom. The number of hydrogen-bond donors (Lipinski definition) is 1. The summed E-state index contributed by atoms with van der Waals surface area (Å²) in [5.41, 5.74) is 1.96. The molecule has 4 nitrogen and oxygen atoms in total. The Labute approximate surface area is 95.9 Å². The molecule has 2 rings (SSSR count). The topological polar surface area (TPSA) is 45.6 Å². The van der Waals surface area contributed by atoms with Gasteiger partial charge in [0.2, 0.25) is 0 Å². The molecule has 1 fully saturated rings. The molecular formula is C12H18N2O2. The van der Waals surface area contributed by atoms with E-state index in [2.05, 4.69) is 16.8 Å². The smallest absolute Gasteiger partial charge is 0.0721 e. The summed E-state index contributed by atoms with van der Waals surface area (Å²) >= 11 is 0. The summed E-state index contributed by atoms with van der Waals surface area (Å²) in [5.74, 6) is 0. The van der Waals surface area contributed by atoms with E-state index >= 15 is 0 Å². The lowest BCUT2D eigenvalue weighted by molar-refractivity contribution is 0.0820. The van der Waals surface area contributed by atoms with Crippen LogP contribution in [0.1, 0.15) is 18.9 Å². The van der Waals surface area contributed by atoms with Crippen molar-refractivity contribution in [1.82, 2.24) is 4.98 Å². The minimum atomic E-state index is 0.0366. The molecule has 0 saturated carbocycles. The number of pyridine rings is 1. The van der Waals surface area contributed by atoms with Gasteiger partial charge in [0, 0.05) is 43.3 Å². The fourth-order valence-corrected chi connectivity index (χ4v) is 2.06. The summed E-state index contributed by atoms with van der Waals surface area (Å²) < 4.78 is 5.61. The van der Waals surface area contributed by atoms with Crippen molar-refractivity contribution in [3.05, 3.63) is 24.0 Å². The molecule has 0 aromatic carbocycles. The van der Waals surface area contributed by atoms with Crippen molar-refractivity contribution in [2.24, 2.45) is 0 Å². The first-order chi connectivity index (χ1) is 7.81. The molecule has 1 aromatic rings. The molecule has 2 heterocycles. The van der Waals surface area contributed by atoms with Crippen LogP contribution in [0.2, 0.25) is 0 Å². The molecule has 1 aromatic heterocycles. The summed E-state index contributed by atoms with van der Waals surface area (Å²) in [5, 5.41) is 9.29. The van der Waals surface area contributed by atoms with E-state index in [-0.39, 0.29) is 12.7 Å². The van der Waals surface area contributed by atoms with Crippen LogP contribution in [0.15, 0.2) is 18.5 Å². The van der Waals surface area contributed by atoms with E-state index in [0.29, 0.717) is 0 Å². The molecule has 1 atom stereocenters. The van der Waals surface area contributed by atoms with Gasteiger partial charge in [-0.3, -0.25) is 4.98 Å². The molecule has 4 heteroatoms. The molecule has 0 amide bonds. The molecule has 0 bridgehead atoms. The van der Waals surface area contributed by atoms with Crippen LogP contribution >= 0.6 is 0 Å². The standard InChI is InChI=1S/C12H18N2O2/c1-10-8-14(5-2-6-16-10)12-3-4-13-7-11(12)9-15/h3-4,7,10,15H,2,5-6,8-9H2,1H3. The molecule has 1 saturated heterocycles. The SMILES string of the molecule is CC1CN(c2ccncc2CO)CCCO1. The van der Waals surface area contributed by atoms with Crippen LogP contribution in [0.25, 0.3) is 0 Å². The van der Waals surface area contributed by atoms with Gasteiger partial charge in [-0.2, -0.15) is 0 Å².